The van der Waals surface area contributed by atoms with Gasteiger partial charge in [-0.1, -0.05) is 18.2 Å². The summed E-state index contributed by atoms with van der Waals surface area (Å²) in [5, 5.41) is 1.25. The van der Waals surface area contributed by atoms with Crippen molar-refractivity contribution in [2.45, 2.75) is 32.7 Å². The molecule has 0 unspecified atom stereocenters. The molecule has 2 heterocycles. The van der Waals surface area contributed by atoms with E-state index in [4.69, 9.17) is 4.98 Å². The summed E-state index contributed by atoms with van der Waals surface area (Å²) in [6, 6.07) is 7.86. The van der Waals surface area contributed by atoms with Gasteiger partial charge in [-0.25, -0.2) is 4.98 Å². The molecule has 0 N–H and O–H groups in total. The Morgan fingerprint density at radius 1 is 1.17 bits per heavy atom. The maximum absolute atomic E-state index is 12.7. The molecule has 1 aromatic carbocycles. The van der Waals surface area contributed by atoms with Gasteiger partial charge in [-0.2, -0.15) is 0 Å². The summed E-state index contributed by atoms with van der Waals surface area (Å²) < 4.78 is 0. The van der Waals surface area contributed by atoms with Crippen LogP contribution in [0.5, 0.6) is 0 Å². The number of aromatic nitrogens is 1. The van der Waals surface area contributed by atoms with E-state index in [1.807, 2.05) is 47.4 Å². The minimum Gasteiger partial charge on any atom is -0.336 e. The highest BCUT2D eigenvalue weighted by molar-refractivity contribution is 7.11. The second kappa shape index (κ2) is 6.65. The third-order valence-corrected chi connectivity index (χ3v) is 6.18. The lowest BCUT2D eigenvalue weighted by Crippen LogP contribution is -2.48. The van der Waals surface area contributed by atoms with Gasteiger partial charge in [0.1, 0.15) is 5.01 Å². The molecule has 1 aliphatic carbocycles. The van der Waals surface area contributed by atoms with Crippen molar-refractivity contribution in [3.63, 3.8) is 0 Å². The first-order valence-corrected chi connectivity index (χ1v) is 9.57. The molecule has 1 aliphatic heterocycles. The Bertz CT molecular complexity index is 725. The first-order chi connectivity index (χ1) is 11.7. The van der Waals surface area contributed by atoms with Gasteiger partial charge in [-0.3, -0.25) is 9.69 Å². The molecule has 0 atom stereocenters. The number of hydrogen-bond acceptors (Lipinski definition) is 4. The maximum atomic E-state index is 12.7. The average molecular weight is 341 g/mol. The molecule has 2 aliphatic rings. The minimum atomic E-state index is 0.168. The van der Waals surface area contributed by atoms with Crippen LogP contribution in [-0.4, -0.2) is 46.9 Å². The van der Waals surface area contributed by atoms with Gasteiger partial charge >= 0.3 is 0 Å². The Labute approximate surface area is 147 Å². The Morgan fingerprint density at radius 2 is 1.96 bits per heavy atom. The molecule has 2 aromatic rings. The summed E-state index contributed by atoms with van der Waals surface area (Å²) in [6.07, 6.45) is 3.64. The number of hydrogen-bond donors (Lipinski definition) is 0. The molecule has 1 aromatic heterocycles. The molecular weight excluding hydrogens is 318 g/mol. The number of amides is 1. The van der Waals surface area contributed by atoms with Crippen LogP contribution < -0.4 is 0 Å². The lowest BCUT2D eigenvalue weighted by molar-refractivity contribution is 0.0627. The number of fused-ring (bicyclic) bond motifs is 1. The normalized spacial score (nSPS) is 18.0. The standard InChI is InChI=1S/C19H23N3OS/c1-14-5-2-3-6-15(14)19(23)22-11-9-21(10-12-22)13-18-20-16-7-4-8-17(16)24-18/h2-3,5-6H,4,7-13H2,1H3. The van der Waals surface area contributed by atoms with Crippen LogP contribution in [0.3, 0.4) is 0 Å². The van der Waals surface area contributed by atoms with Gasteiger partial charge in [0.15, 0.2) is 0 Å². The maximum Gasteiger partial charge on any atom is 0.254 e. The van der Waals surface area contributed by atoms with Crippen LogP contribution in [0, 0.1) is 6.92 Å². The van der Waals surface area contributed by atoms with Crippen molar-refractivity contribution < 1.29 is 4.79 Å². The lowest BCUT2D eigenvalue weighted by Gasteiger charge is -2.34. The second-order valence-corrected chi connectivity index (χ2v) is 7.88. The van der Waals surface area contributed by atoms with Gasteiger partial charge in [0, 0.05) is 36.6 Å². The molecule has 1 amide bonds. The van der Waals surface area contributed by atoms with Crippen molar-refractivity contribution in [3.8, 4) is 0 Å². The van der Waals surface area contributed by atoms with Crippen molar-refractivity contribution in [3.05, 3.63) is 51.0 Å². The van der Waals surface area contributed by atoms with Crippen molar-refractivity contribution in [1.82, 2.24) is 14.8 Å². The molecule has 1 saturated heterocycles. The average Bonchev–Trinajstić information content (AvgIpc) is 3.17. The van der Waals surface area contributed by atoms with Crippen LogP contribution in [0.25, 0.3) is 0 Å². The number of piperazine rings is 1. The van der Waals surface area contributed by atoms with Gasteiger partial charge in [0.25, 0.3) is 5.91 Å². The van der Waals surface area contributed by atoms with Crippen LogP contribution in [0.1, 0.15) is 37.9 Å². The fraction of sp³-hybridized carbons (Fsp3) is 0.474. The van der Waals surface area contributed by atoms with Gasteiger partial charge < -0.3 is 4.90 Å². The fourth-order valence-electron chi connectivity index (χ4n) is 3.60. The van der Waals surface area contributed by atoms with E-state index in [0.29, 0.717) is 0 Å². The van der Waals surface area contributed by atoms with E-state index in [2.05, 4.69) is 4.90 Å². The topological polar surface area (TPSA) is 36.4 Å². The Hall–Kier alpha value is -1.72. The molecule has 0 saturated carbocycles. The summed E-state index contributed by atoms with van der Waals surface area (Å²) in [5.74, 6) is 0.168. The molecule has 0 spiro atoms. The highest BCUT2D eigenvalue weighted by atomic mass is 32.1. The smallest absolute Gasteiger partial charge is 0.254 e. The summed E-state index contributed by atoms with van der Waals surface area (Å²) in [6.45, 7) is 6.41. The number of aryl methyl sites for hydroxylation is 3. The molecule has 24 heavy (non-hydrogen) atoms. The molecule has 4 nitrogen and oxygen atoms in total. The number of rotatable bonds is 3. The highest BCUT2D eigenvalue weighted by Crippen LogP contribution is 2.28. The third kappa shape index (κ3) is 3.10. The van der Waals surface area contributed by atoms with E-state index in [-0.39, 0.29) is 5.91 Å². The number of benzene rings is 1. The van der Waals surface area contributed by atoms with Gasteiger partial charge in [-0.05, 0) is 37.8 Å². The Kier molecular flexibility index (Phi) is 4.37. The van der Waals surface area contributed by atoms with Crippen LogP contribution in [-0.2, 0) is 19.4 Å². The molecule has 0 radical (unpaired) electrons. The summed E-state index contributed by atoms with van der Waals surface area (Å²) >= 11 is 1.89. The summed E-state index contributed by atoms with van der Waals surface area (Å²) in [4.78, 5) is 23.4. The monoisotopic (exact) mass is 341 g/mol. The van der Waals surface area contributed by atoms with E-state index < -0.39 is 0 Å². The number of carbonyl (C=O) groups excluding carboxylic acids is 1. The summed E-state index contributed by atoms with van der Waals surface area (Å²) in [5.41, 5.74) is 3.23. The second-order valence-electron chi connectivity index (χ2n) is 6.71. The van der Waals surface area contributed by atoms with Crippen LogP contribution in [0.4, 0.5) is 0 Å². The molecule has 1 fully saturated rings. The highest BCUT2D eigenvalue weighted by Gasteiger charge is 2.24. The van der Waals surface area contributed by atoms with Crippen LogP contribution in [0.15, 0.2) is 24.3 Å². The fourth-order valence-corrected chi connectivity index (χ4v) is 4.79. The molecule has 0 bridgehead atoms. The lowest BCUT2D eigenvalue weighted by atomic mass is 10.1. The van der Waals surface area contributed by atoms with Crippen molar-refractivity contribution in [2.75, 3.05) is 26.2 Å². The van der Waals surface area contributed by atoms with Crippen LogP contribution in [0.2, 0.25) is 0 Å². The number of nitrogens with zero attached hydrogens (tertiary/aromatic N) is 3. The minimum absolute atomic E-state index is 0.168. The zero-order valence-electron chi connectivity index (χ0n) is 14.1. The van der Waals surface area contributed by atoms with E-state index in [1.54, 1.807) is 0 Å². The predicted molar refractivity (Wildman–Crippen MR) is 96.5 cm³/mol. The van der Waals surface area contributed by atoms with Gasteiger partial charge in [-0.15, -0.1) is 11.3 Å². The van der Waals surface area contributed by atoms with Gasteiger partial charge in [0.2, 0.25) is 0 Å². The van der Waals surface area contributed by atoms with E-state index in [1.165, 1.54) is 28.4 Å². The van der Waals surface area contributed by atoms with E-state index >= 15 is 0 Å². The quantitative estimate of drug-likeness (QED) is 0.861. The third-order valence-electron chi connectivity index (χ3n) is 5.03. The zero-order chi connectivity index (χ0) is 16.5. The Morgan fingerprint density at radius 3 is 2.71 bits per heavy atom. The zero-order valence-corrected chi connectivity index (χ0v) is 14.9. The largest absolute Gasteiger partial charge is 0.336 e. The Balaban J connectivity index is 1.34. The molecular formula is C19H23N3OS. The SMILES string of the molecule is Cc1ccccc1C(=O)N1CCN(Cc2nc3c(s2)CCC3)CC1. The van der Waals surface area contributed by atoms with Crippen molar-refractivity contribution in [2.24, 2.45) is 0 Å². The number of carbonyl (C=O) groups is 1. The van der Waals surface area contributed by atoms with Crippen LogP contribution >= 0.6 is 11.3 Å². The van der Waals surface area contributed by atoms with E-state index in [0.717, 1.165) is 50.3 Å². The first-order valence-electron chi connectivity index (χ1n) is 8.75. The summed E-state index contributed by atoms with van der Waals surface area (Å²) in [7, 11) is 0. The van der Waals surface area contributed by atoms with Gasteiger partial charge in [0.05, 0.1) is 12.2 Å². The molecule has 4 rings (SSSR count). The van der Waals surface area contributed by atoms with Crippen molar-refractivity contribution >= 4 is 17.2 Å². The van der Waals surface area contributed by atoms with Crippen molar-refractivity contribution in [1.29, 1.82) is 0 Å². The first kappa shape index (κ1) is 15.8. The number of thiazole rings is 1. The molecule has 5 heteroatoms. The van der Waals surface area contributed by atoms with E-state index in [9.17, 15) is 4.79 Å². The predicted octanol–water partition coefficient (Wildman–Crippen LogP) is 2.90. The molecule has 126 valence electrons.